The van der Waals surface area contributed by atoms with Crippen molar-refractivity contribution >= 4 is 12.1 Å². The molecule has 21 heteroatoms. The van der Waals surface area contributed by atoms with Crippen molar-refractivity contribution in [3.63, 3.8) is 0 Å². The number of halogens is 14. The molecular formula is C27H23F14NO6. The first-order chi connectivity index (χ1) is 21.8. The zero-order valence-electron chi connectivity index (χ0n) is 24.0. The number of para-hydroxylation sites is 1. The maximum absolute atomic E-state index is 14.6. The van der Waals surface area contributed by atoms with E-state index in [-0.39, 0.29) is 18.8 Å². The molecule has 0 fully saturated rings. The van der Waals surface area contributed by atoms with E-state index in [0.29, 0.717) is 17.7 Å². The Morgan fingerprint density at radius 3 is 1.85 bits per heavy atom. The maximum atomic E-state index is 14.6. The van der Waals surface area contributed by atoms with Gasteiger partial charge in [0.25, 0.3) is 0 Å². The van der Waals surface area contributed by atoms with E-state index in [9.17, 15) is 71.1 Å². The summed E-state index contributed by atoms with van der Waals surface area (Å²) in [5.74, 6) is -32.5. The SMILES string of the molecule is CCOC(Cc1ccc(OCCN(CC(F)(F)C(F)(F)C(F)(F)C(F)(F)C(F)(F)F)C(=O)Oc2ccccc2C(F)(F)F)cc1)C(=O)O. The molecule has 1 N–H and O–H groups in total. The quantitative estimate of drug-likeness (QED) is 0.190. The standard InChI is InChI=1S/C27H23F14NO6/c1-2-46-19(20(43)44)13-15-7-9-16(10-8-15)47-12-11-42(21(45)48-18-6-4-3-5-17(18)23(30,31)32)14-22(28,29)24(33,34)25(35,36)26(37,38)27(39,40)41/h3-10,19H,2,11-14H2,1H3,(H,43,44). The van der Waals surface area contributed by atoms with Crippen LogP contribution < -0.4 is 9.47 Å². The molecule has 1 atom stereocenters. The number of hydrogen-bond acceptors (Lipinski definition) is 5. The van der Waals surface area contributed by atoms with E-state index in [2.05, 4.69) is 4.74 Å². The summed E-state index contributed by atoms with van der Waals surface area (Å²) in [7, 11) is 0. The highest BCUT2D eigenvalue weighted by Gasteiger charge is 2.87. The Balaban J connectivity index is 2.37. The van der Waals surface area contributed by atoms with Crippen LogP contribution in [0.4, 0.5) is 66.3 Å². The van der Waals surface area contributed by atoms with Crippen molar-refractivity contribution in [3.05, 3.63) is 59.7 Å². The third-order valence-corrected chi connectivity index (χ3v) is 6.26. The summed E-state index contributed by atoms with van der Waals surface area (Å²) in [6.07, 6.45) is -16.5. The maximum Gasteiger partial charge on any atom is 0.460 e. The monoisotopic (exact) mass is 723 g/mol. The summed E-state index contributed by atoms with van der Waals surface area (Å²) in [4.78, 5) is 23.2. The van der Waals surface area contributed by atoms with Crippen LogP contribution in [0.5, 0.6) is 11.5 Å². The summed E-state index contributed by atoms with van der Waals surface area (Å²) >= 11 is 0. The second kappa shape index (κ2) is 14.6. The minimum Gasteiger partial charge on any atom is -0.492 e. The van der Waals surface area contributed by atoms with E-state index >= 15 is 0 Å². The Bertz CT molecular complexity index is 1400. The van der Waals surface area contributed by atoms with Gasteiger partial charge >= 0.3 is 48.1 Å². The van der Waals surface area contributed by atoms with Crippen molar-refractivity contribution in [3.8, 4) is 11.5 Å². The van der Waals surface area contributed by atoms with Crippen molar-refractivity contribution in [2.24, 2.45) is 0 Å². The zero-order valence-corrected chi connectivity index (χ0v) is 24.0. The van der Waals surface area contributed by atoms with Gasteiger partial charge in [-0.3, -0.25) is 4.90 Å². The Morgan fingerprint density at radius 2 is 1.35 bits per heavy atom. The molecule has 0 aliphatic heterocycles. The molecule has 2 aromatic rings. The zero-order chi connectivity index (χ0) is 36.9. The molecule has 0 saturated heterocycles. The van der Waals surface area contributed by atoms with E-state index in [1.807, 2.05) is 0 Å². The number of nitrogens with zero attached hydrogens (tertiary/aromatic N) is 1. The summed E-state index contributed by atoms with van der Waals surface area (Å²) in [6, 6.07) is 7.26. The highest BCUT2D eigenvalue weighted by atomic mass is 19.4. The Labute approximate surface area is 260 Å². The topological polar surface area (TPSA) is 85.3 Å². The first-order valence-electron chi connectivity index (χ1n) is 13.1. The van der Waals surface area contributed by atoms with Crippen molar-refractivity contribution in [2.75, 3.05) is 26.3 Å². The van der Waals surface area contributed by atoms with Crippen LogP contribution in [-0.4, -0.2) is 84.3 Å². The normalized spacial score (nSPS) is 14.0. The van der Waals surface area contributed by atoms with Gasteiger partial charge in [-0.15, -0.1) is 0 Å². The lowest BCUT2D eigenvalue weighted by Gasteiger charge is -2.38. The molecule has 270 valence electrons. The molecule has 0 saturated carbocycles. The third kappa shape index (κ3) is 8.90. The molecule has 0 heterocycles. The van der Waals surface area contributed by atoms with Crippen LogP contribution in [0.1, 0.15) is 18.1 Å². The molecule has 1 amide bonds. The Hall–Kier alpha value is -4.04. The second-order valence-electron chi connectivity index (χ2n) is 9.69. The number of amides is 1. The van der Waals surface area contributed by atoms with E-state index in [4.69, 9.17) is 14.6 Å². The van der Waals surface area contributed by atoms with Crippen molar-refractivity contribution < 1.29 is 90.4 Å². The number of carbonyl (C=O) groups is 2. The highest BCUT2D eigenvalue weighted by molar-refractivity contribution is 5.73. The highest BCUT2D eigenvalue weighted by Crippen LogP contribution is 2.57. The summed E-state index contributed by atoms with van der Waals surface area (Å²) < 4.78 is 204. The lowest BCUT2D eigenvalue weighted by atomic mass is 9.97. The number of alkyl halides is 14. The van der Waals surface area contributed by atoms with Crippen molar-refractivity contribution in [1.29, 1.82) is 0 Å². The molecule has 0 aliphatic carbocycles. The predicted molar refractivity (Wildman–Crippen MR) is 134 cm³/mol. The van der Waals surface area contributed by atoms with Gasteiger partial charge in [-0.25, -0.2) is 9.59 Å². The summed E-state index contributed by atoms with van der Waals surface area (Å²) in [6.45, 7) is -3.98. The van der Waals surface area contributed by atoms with Crippen LogP contribution in [-0.2, 0) is 22.1 Å². The molecule has 2 aromatic carbocycles. The van der Waals surface area contributed by atoms with Gasteiger partial charge in [0.1, 0.15) is 18.1 Å². The Kier molecular flexibility index (Phi) is 12.2. The number of carboxylic acid groups (broad SMARTS) is 1. The molecule has 0 bridgehead atoms. The average molecular weight is 723 g/mol. The number of carboxylic acids is 1. The van der Waals surface area contributed by atoms with Crippen LogP contribution in [0.25, 0.3) is 0 Å². The van der Waals surface area contributed by atoms with E-state index in [1.165, 1.54) is 19.1 Å². The summed E-state index contributed by atoms with van der Waals surface area (Å²) in [5.41, 5.74) is -1.35. The van der Waals surface area contributed by atoms with Crippen LogP contribution >= 0.6 is 0 Å². The third-order valence-electron chi connectivity index (χ3n) is 6.26. The molecule has 0 aliphatic rings. The fourth-order valence-corrected chi connectivity index (χ4v) is 3.76. The van der Waals surface area contributed by atoms with Gasteiger partial charge in [0.15, 0.2) is 6.10 Å². The molecule has 1 unspecified atom stereocenters. The predicted octanol–water partition coefficient (Wildman–Crippen LogP) is 7.72. The first kappa shape index (κ1) is 40.1. The van der Waals surface area contributed by atoms with Gasteiger partial charge in [-0.1, -0.05) is 24.3 Å². The van der Waals surface area contributed by atoms with Crippen LogP contribution in [0.2, 0.25) is 0 Å². The lowest BCUT2D eigenvalue weighted by Crippen LogP contribution is -2.68. The number of aliphatic carboxylic acids is 1. The van der Waals surface area contributed by atoms with Crippen molar-refractivity contribution in [1.82, 2.24) is 4.90 Å². The van der Waals surface area contributed by atoms with Gasteiger partial charge in [0.2, 0.25) is 0 Å². The fraction of sp³-hybridized carbons (Fsp3) is 0.481. The summed E-state index contributed by atoms with van der Waals surface area (Å²) in [5, 5.41) is 9.16. The molecule has 0 spiro atoms. The molecule has 0 aromatic heterocycles. The fourth-order valence-electron chi connectivity index (χ4n) is 3.76. The van der Waals surface area contributed by atoms with Gasteiger partial charge < -0.3 is 19.3 Å². The Morgan fingerprint density at radius 1 is 0.792 bits per heavy atom. The van der Waals surface area contributed by atoms with Crippen LogP contribution in [0.3, 0.4) is 0 Å². The van der Waals surface area contributed by atoms with Gasteiger partial charge in [0.05, 0.1) is 18.7 Å². The average Bonchev–Trinajstić information content (AvgIpc) is 2.96. The number of carbonyl (C=O) groups excluding carboxylic acids is 1. The van der Waals surface area contributed by atoms with Gasteiger partial charge in [0, 0.05) is 13.0 Å². The van der Waals surface area contributed by atoms with Crippen molar-refractivity contribution in [2.45, 2.75) is 55.5 Å². The number of ether oxygens (including phenoxy) is 3. The van der Waals surface area contributed by atoms with Gasteiger partial charge in [-0.2, -0.15) is 61.5 Å². The minimum absolute atomic E-state index is 0.0479. The largest absolute Gasteiger partial charge is 0.492 e. The lowest BCUT2D eigenvalue weighted by molar-refractivity contribution is -0.422. The molecular weight excluding hydrogens is 700 g/mol. The van der Waals surface area contributed by atoms with E-state index in [1.54, 1.807) is 0 Å². The number of hydrogen-bond donors (Lipinski definition) is 1. The van der Waals surface area contributed by atoms with Crippen LogP contribution in [0.15, 0.2) is 48.5 Å². The van der Waals surface area contributed by atoms with Crippen LogP contribution in [0, 0.1) is 0 Å². The molecule has 2 rings (SSSR count). The van der Waals surface area contributed by atoms with E-state index in [0.717, 1.165) is 24.3 Å². The molecule has 0 radical (unpaired) electrons. The number of benzene rings is 2. The van der Waals surface area contributed by atoms with E-state index < -0.39 is 90.1 Å². The minimum atomic E-state index is -7.81. The number of rotatable bonds is 15. The van der Waals surface area contributed by atoms with Gasteiger partial charge in [-0.05, 0) is 36.8 Å². The molecule has 48 heavy (non-hydrogen) atoms. The molecule has 7 nitrogen and oxygen atoms in total. The smallest absolute Gasteiger partial charge is 0.460 e. The second-order valence-corrected chi connectivity index (χ2v) is 9.69. The first-order valence-corrected chi connectivity index (χ1v) is 13.1.